The molecule has 22 heavy (non-hydrogen) atoms. The van der Waals surface area contributed by atoms with Crippen LogP contribution in [-0.2, 0) is 6.54 Å². The molecule has 1 aliphatic heterocycles. The summed E-state index contributed by atoms with van der Waals surface area (Å²) in [5, 5.41) is 6.57. The summed E-state index contributed by atoms with van der Waals surface area (Å²) in [6.07, 6.45) is 0. The Bertz CT molecular complexity index is 505. The number of nitrogens with one attached hydrogen (secondary N) is 2. The Hall–Kier alpha value is -1.66. The lowest BCUT2D eigenvalue weighted by Crippen LogP contribution is -2.55. The highest BCUT2D eigenvalue weighted by Crippen LogP contribution is 2.05. The first kappa shape index (κ1) is 16.7. The van der Waals surface area contributed by atoms with Gasteiger partial charge < -0.3 is 15.5 Å². The Morgan fingerprint density at radius 3 is 2.86 bits per heavy atom. The first-order valence-corrected chi connectivity index (χ1v) is 7.66. The summed E-state index contributed by atoms with van der Waals surface area (Å²) in [6.45, 7) is 4.63. The largest absolute Gasteiger partial charge is 0.355 e. The van der Waals surface area contributed by atoms with Crippen molar-refractivity contribution in [3.05, 3.63) is 35.6 Å². The molecule has 0 bridgehead atoms. The standard InChI is InChI=1S/C16H26FN5/c1-18-16(19-10-13-5-4-6-14(17)9-13)20-11-15-12-21(2)7-8-22(15)3/h4-6,9,15H,7-8,10-12H2,1-3H3,(H2,18,19,20). The number of benzene rings is 1. The normalized spacial score (nSPS) is 20.9. The Morgan fingerprint density at radius 1 is 1.32 bits per heavy atom. The van der Waals surface area contributed by atoms with Crippen molar-refractivity contribution in [3.8, 4) is 0 Å². The van der Waals surface area contributed by atoms with Crippen molar-refractivity contribution in [1.82, 2.24) is 20.4 Å². The third-order valence-electron chi connectivity index (χ3n) is 4.06. The molecule has 1 aliphatic rings. The third-order valence-corrected chi connectivity index (χ3v) is 4.06. The van der Waals surface area contributed by atoms with Crippen LogP contribution in [-0.4, -0.2) is 69.1 Å². The van der Waals surface area contributed by atoms with Gasteiger partial charge in [-0.2, -0.15) is 0 Å². The predicted octanol–water partition coefficient (Wildman–Crippen LogP) is 0.737. The SMILES string of the molecule is CN=C(NCc1cccc(F)c1)NCC1CN(C)CCN1C. The summed E-state index contributed by atoms with van der Waals surface area (Å²) >= 11 is 0. The van der Waals surface area contributed by atoms with E-state index in [4.69, 9.17) is 0 Å². The molecule has 0 aromatic heterocycles. The van der Waals surface area contributed by atoms with Crippen molar-refractivity contribution < 1.29 is 4.39 Å². The van der Waals surface area contributed by atoms with Gasteiger partial charge in [0.15, 0.2) is 5.96 Å². The molecule has 0 amide bonds. The molecule has 122 valence electrons. The molecule has 1 saturated heterocycles. The van der Waals surface area contributed by atoms with Gasteiger partial charge >= 0.3 is 0 Å². The van der Waals surface area contributed by atoms with Crippen molar-refractivity contribution >= 4 is 5.96 Å². The molecule has 1 heterocycles. The molecule has 1 fully saturated rings. The summed E-state index contributed by atoms with van der Waals surface area (Å²) in [6, 6.07) is 7.06. The second-order valence-electron chi connectivity index (χ2n) is 5.83. The summed E-state index contributed by atoms with van der Waals surface area (Å²) in [5.74, 6) is 0.528. The number of likely N-dealkylation sites (N-methyl/N-ethyl adjacent to an activating group) is 2. The Kier molecular flexibility index (Phi) is 6.15. The molecule has 1 atom stereocenters. The zero-order valence-corrected chi connectivity index (χ0v) is 13.6. The number of piperazine rings is 1. The van der Waals surface area contributed by atoms with E-state index >= 15 is 0 Å². The number of rotatable bonds is 4. The average molecular weight is 307 g/mol. The lowest BCUT2D eigenvalue weighted by molar-refractivity contribution is 0.116. The lowest BCUT2D eigenvalue weighted by Gasteiger charge is -2.37. The first-order chi connectivity index (χ1) is 10.6. The molecule has 0 saturated carbocycles. The summed E-state index contributed by atoms with van der Waals surface area (Å²) < 4.78 is 13.2. The maximum Gasteiger partial charge on any atom is 0.191 e. The van der Waals surface area contributed by atoms with Crippen molar-refractivity contribution in [3.63, 3.8) is 0 Å². The van der Waals surface area contributed by atoms with E-state index in [1.165, 1.54) is 12.1 Å². The summed E-state index contributed by atoms with van der Waals surface area (Å²) in [7, 11) is 6.05. The van der Waals surface area contributed by atoms with Gasteiger partial charge in [0.2, 0.25) is 0 Å². The minimum Gasteiger partial charge on any atom is -0.355 e. The minimum absolute atomic E-state index is 0.214. The second-order valence-corrected chi connectivity index (χ2v) is 5.83. The highest BCUT2D eigenvalue weighted by molar-refractivity contribution is 5.79. The van der Waals surface area contributed by atoms with Crippen molar-refractivity contribution in [2.24, 2.45) is 4.99 Å². The van der Waals surface area contributed by atoms with Crippen molar-refractivity contribution in [2.75, 3.05) is 47.3 Å². The Balaban J connectivity index is 1.80. The molecule has 1 aromatic rings. The fraction of sp³-hybridized carbons (Fsp3) is 0.562. The van der Waals surface area contributed by atoms with E-state index in [0.29, 0.717) is 12.6 Å². The highest BCUT2D eigenvalue weighted by atomic mass is 19.1. The molecule has 2 rings (SSSR count). The monoisotopic (exact) mass is 307 g/mol. The van der Waals surface area contributed by atoms with Gasteiger partial charge in [0.05, 0.1) is 0 Å². The van der Waals surface area contributed by atoms with E-state index in [1.807, 2.05) is 6.07 Å². The Morgan fingerprint density at radius 2 is 2.14 bits per heavy atom. The topological polar surface area (TPSA) is 42.9 Å². The van der Waals surface area contributed by atoms with Gasteiger partial charge in [0.1, 0.15) is 5.82 Å². The van der Waals surface area contributed by atoms with Crippen LogP contribution in [0.4, 0.5) is 4.39 Å². The van der Waals surface area contributed by atoms with Crippen LogP contribution in [0.15, 0.2) is 29.3 Å². The molecule has 2 N–H and O–H groups in total. The molecule has 0 radical (unpaired) electrons. The molecule has 0 spiro atoms. The van der Waals surface area contributed by atoms with E-state index in [9.17, 15) is 4.39 Å². The van der Waals surface area contributed by atoms with E-state index < -0.39 is 0 Å². The number of nitrogens with zero attached hydrogens (tertiary/aromatic N) is 3. The lowest BCUT2D eigenvalue weighted by atomic mass is 10.2. The van der Waals surface area contributed by atoms with Gasteiger partial charge in [-0.05, 0) is 31.8 Å². The smallest absolute Gasteiger partial charge is 0.191 e. The minimum atomic E-state index is -0.214. The predicted molar refractivity (Wildman–Crippen MR) is 88.5 cm³/mol. The van der Waals surface area contributed by atoms with Crippen LogP contribution in [0.1, 0.15) is 5.56 Å². The molecule has 0 aliphatic carbocycles. The third kappa shape index (κ3) is 4.96. The number of hydrogen-bond acceptors (Lipinski definition) is 3. The summed E-state index contributed by atoms with van der Waals surface area (Å²) in [4.78, 5) is 8.93. The Labute approximate surface area is 132 Å². The van der Waals surface area contributed by atoms with Gasteiger partial charge in [0.25, 0.3) is 0 Å². The number of hydrogen-bond donors (Lipinski definition) is 2. The average Bonchev–Trinajstić information content (AvgIpc) is 2.51. The van der Waals surface area contributed by atoms with Crippen LogP contribution < -0.4 is 10.6 Å². The molecule has 1 unspecified atom stereocenters. The van der Waals surface area contributed by atoms with Crippen molar-refractivity contribution in [1.29, 1.82) is 0 Å². The van der Waals surface area contributed by atoms with Crippen LogP contribution >= 0.6 is 0 Å². The maximum absolute atomic E-state index is 13.2. The summed E-state index contributed by atoms with van der Waals surface area (Å²) in [5.41, 5.74) is 0.900. The van der Waals surface area contributed by atoms with Gasteiger partial charge in [-0.1, -0.05) is 12.1 Å². The second kappa shape index (κ2) is 8.10. The van der Waals surface area contributed by atoms with E-state index in [1.54, 1.807) is 13.1 Å². The zero-order valence-electron chi connectivity index (χ0n) is 13.6. The van der Waals surface area contributed by atoms with Gasteiger partial charge in [0, 0.05) is 45.8 Å². The number of halogens is 1. The molecular formula is C16H26FN5. The van der Waals surface area contributed by atoms with Crippen LogP contribution in [0.5, 0.6) is 0 Å². The number of guanidine groups is 1. The van der Waals surface area contributed by atoms with Crippen LogP contribution in [0.3, 0.4) is 0 Å². The highest BCUT2D eigenvalue weighted by Gasteiger charge is 2.21. The molecule has 5 nitrogen and oxygen atoms in total. The molecule has 1 aromatic carbocycles. The van der Waals surface area contributed by atoms with E-state index in [-0.39, 0.29) is 5.82 Å². The fourth-order valence-electron chi connectivity index (χ4n) is 2.59. The van der Waals surface area contributed by atoms with E-state index in [0.717, 1.165) is 37.7 Å². The van der Waals surface area contributed by atoms with Crippen molar-refractivity contribution in [2.45, 2.75) is 12.6 Å². The van der Waals surface area contributed by atoms with E-state index in [2.05, 4.69) is 39.5 Å². The molecular weight excluding hydrogens is 281 g/mol. The quantitative estimate of drug-likeness (QED) is 0.636. The zero-order chi connectivity index (χ0) is 15.9. The fourth-order valence-corrected chi connectivity index (χ4v) is 2.59. The first-order valence-electron chi connectivity index (χ1n) is 7.66. The molecule has 6 heteroatoms. The maximum atomic E-state index is 13.2. The number of aliphatic imine (C=N–C) groups is 1. The van der Waals surface area contributed by atoms with Gasteiger partial charge in [-0.15, -0.1) is 0 Å². The van der Waals surface area contributed by atoms with Gasteiger partial charge in [-0.25, -0.2) is 4.39 Å². The van der Waals surface area contributed by atoms with Crippen LogP contribution in [0.25, 0.3) is 0 Å². The van der Waals surface area contributed by atoms with Gasteiger partial charge in [-0.3, -0.25) is 9.89 Å². The van der Waals surface area contributed by atoms with Crippen LogP contribution in [0, 0.1) is 5.82 Å². The van der Waals surface area contributed by atoms with Crippen LogP contribution in [0.2, 0.25) is 0 Å².